The van der Waals surface area contributed by atoms with Crippen LogP contribution in [-0.2, 0) is 24.3 Å². The zero-order valence-electron chi connectivity index (χ0n) is 18.8. The van der Waals surface area contributed by atoms with Crippen molar-refractivity contribution in [3.05, 3.63) is 18.2 Å². The van der Waals surface area contributed by atoms with E-state index in [1.165, 1.54) is 4.31 Å². The number of morpholine rings is 1. The normalized spacial score (nSPS) is 28.4. The molecule has 1 N–H and O–H groups in total. The molecule has 2 amide bonds. The summed E-state index contributed by atoms with van der Waals surface area (Å²) in [5.74, 6) is 0.285. The van der Waals surface area contributed by atoms with E-state index in [1.54, 1.807) is 34.9 Å². The molecular weight excluding hydrogens is 464 g/mol. The summed E-state index contributed by atoms with van der Waals surface area (Å²) in [5.41, 5.74) is 1.31. The Kier molecular flexibility index (Phi) is 6.09. The maximum absolute atomic E-state index is 13.4. The Balaban J connectivity index is 1.45. The number of carbonyl (C=O) groups is 2. The molecule has 0 aliphatic carbocycles. The molecule has 5 rings (SSSR count). The Bertz CT molecular complexity index is 1050. The maximum Gasteiger partial charge on any atom is 0.248 e. The van der Waals surface area contributed by atoms with Crippen molar-refractivity contribution in [2.75, 3.05) is 55.4 Å². The SMILES string of the molecule is C[C@]12CCC(=O)N1[C@@H](C(=O)Nc1cc(S(=O)(=O)N3CCOCC3)ccc1N1CCCC1)CS2. The summed E-state index contributed by atoms with van der Waals surface area (Å²) in [6.07, 6.45) is 3.31. The number of thioether (sulfide) groups is 1. The van der Waals surface area contributed by atoms with Crippen molar-refractivity contribution in [3.63, 3.8) is 0 Å². The minimum atomic E-state index is -3.70. The fourth-order valence-corrected chi connectivity index (χ4v) is 8.04. The third-order valence-corrected chi connectivity index (χ3v) is 10.4. The Morgan fingerprint density at radius 1 is 1.18 bits per heavy atom. The van der Waals surface area contributed by atoms with Crippen LogP contribution in [-0.4, -0.2) is 85.5 Å². The molecular formula is C22H30N4O5S2. The topological polar surface area (TPSA) is 99.3 Å². The first-order valence-corrected chi connectivity index (χ1v) is 14.0. The Labute approximate surface area is 198 Å². The van der Waals surface area contributed by atoms with Crippen LogP contribution < -0.4 is 10.2 Å². The molecule has 0 radical (unpaired) electrons. The molecule has 180 valence electrons. The minimum absolute atomic E-state index is 0.00561. The number of amides is 2. The van der Waals surface area contributed by atoms with E-state index < -0.39 is 16.1 Å². The first-order valence-electron chi connectivity index (χ1n) is 11.5. The number of hydrogen-bond acceptors (Lipinski definition) is 7. The summed E-state index contributed by atoms with van der Waals surface area (Å²) >= 11 is 1.64. The molecule has 33 heavy (non-hydrogen) atoms. The quantitative estimate of drug-likeness (QED) is 0.665. The highest BCUT2D eigenvalue weighted by atomic mass is 32.2. The summed E-state index contributed by atoms with van der Waals surface area (Å²) in [4.78, 5) is 29.6. The Morgan fingerprint density at radius 3 is 2.64 bits per heavy atom. The molecule has 0 bridgehead atoms. The van der Waals surface area contributed by atoms with E-state index in [0.29, 0.717) is 44.2 Å². The fraction of sp³-hybridized carbons (Fsp3) is 0.636. The van der Waals surface area contributed by atoms with Gasteiger partial charge in [0.15, 0.2) is 0 Å². The smallest absolute Gasteiger partial charge is 0.248 e. The lowest BCUT2D eigenvalue weighted by Gasteiger charge is -2.30. The van der Waals surface area contributed by atoms with Gasteiger partial charge in [0.05, 0.1) is 34.4 Å². The van der Waals surface area contributed by atoms with Crippen molar-refractivity contribution in [1.29, 1.82) is 0 Å². The van der Waals surface area contributed by atoms with Crippen molar-refractivity contribution in [3.8, 4) is 0 Å². The van der Waals surface area contributed by atoms with Crippen LogP contribution in [0.5, 0.6) is 0 Å². The molecule has 0 spiro atoms. The van der Waals surface area contributed by atoms with E-state index in [0.717, 1.165) is 38.0 Å². The van der Waals surface area contributed by atoms with Crippen LogP contribution >= 0.6 is 11.8 Å². The zero-order chi connectivity index (χ0) is 23.2. The molecule has 0 unspecified atom stereocenters. The molecule has 11 heteroatoms. The molecule has 1 aromatic rings. The molecule has 4 saturated heterocycles. The number of anilines is 2. The van der Waals surface area contributed by atoms with Gasteiger partial charge in [0.2, 0.25) is 21.8 Å². The highest BCUT2D eigenvalue weighted by Crippen LogP contribution is 2.47. The number of carbonyl (C=O) groups excluding carboxylic acids is 2. The van der Waals surface area contributed by atoms with E-state index in [1.807, 2.05) is 6.92 Å². The van der Waals surface area contributed by atoms with Crippen LogP contribution in [0.1, 0.15) is 32.6 Å². The van der Waals surface area contributed by atoms with Crippen molar-refractivity contribution < 1.29 is 22.7 Å². The second-order valence-electron chi connectivity index (χ2n) is 9.14. The fourth-order valence-electron chi connectivity index (χ4n) is 5.18. The van der Waals surface area contributed by atoms with Gasteiger partial charge in [-0.25, -0.2) is 8.42 Å². The first kappa shape index (κ1) is 22.9. The standard InChI is InChI=1S/C22H30N4O5S2/c1-22-7-6-20(27)26(22)19(15-32-22)21(28)23-17-14-16(4-5-18(17)24-8-2-3-9-24)33(29,30)25-10-12-31-13-11-25/h4-5,14,19H,2-3,6-13,15H2,1H3,(H,23,28)/t19-,22+/m1/s1. The lowest BCUT2D eigenvalue weighted by atomic mass is 10.2. The Morgan fingerprint density at radius 2 is 1.91 bits per heavy atom. The predicted molar refractivity (Wildman–Crippen MR) is 127 cm³/mol. The van der Waals surface area contributed by atoms with Gasteiger partial charge in [0.25, 0.3) is 0 Å². The van der Waals surface area contributed by atoms with Gasteiger partial charge >= 0.3 is 0 Å². The summed E-state index contributed by atoms with van der Waals surface area (Å²) in [7, 11) is -3.70. The average molecular weight is 495 g/mol. The lowest BCUT2D eigenvalue weighted by molar-refractivity contribution is -0.135. The van der Waals surface area contributed by atoms with Gasteiger partial charge in [0.1, 0.15) is 6.04 Å². The second kappa shape index (κ2) is 8.75. The Hall–Kier alpha value is -1.82. The molecule has 0 saturated carbocycles. The maximum atomic E-state index is 13.4. The first-order chi connectivity index (χ1) is 15.8. The molecule has 1 aromatic carbocycles. The van der Waals surface area contributed by atoms with Crippen LogP contribution in [0.3, 0.4) is 0 Å². The van der Waals surface area contributed by atoms with E-state index >= 15 is 0 Å². The summed E-state index contributed by atoms with van der Waals surface area (Å²) in [6, 6.07) is 4.44. The van der Waals surface area contributed by atoms with E-state index in [2.05, 4.69) is 10.2 Å². The predicted octanol–water partition coefficient (Wildman–Crippen LogP) is 1.70. The molecule has 4 fully saturated rings. The third kappa shape index (κ3) is 4.13. The average Bonchev–Trinajstić information content (AvgIpc) is 3.52. The number of sulfonamides is 1. The van der Waals surface area contributed by atoms with Gasteiger partial charge in [-0.05, 0) is 44.4 Å². The number of rotatable bonds is 5. The molecule has 2 atom stereocenters. The highest BCUT2D eigenvalue weighted by Gasteiger charge is 2.53. The van der Waals surface area contributed by atoms with E-state index in [-0.39, 0.29) is 21.6 Å². The molecule has 0 aromatic heterocycles. The van der Waals surface area contributed by atoms with Gasteiger partial charge in [-0.2, -0.15) is 4.31 Å². The van der Waals surface area contributed by atoms with Crippen molar-refractivity contribution >= 4 is 45.0 Å². The van der Waals surface area contributed by atoms with Gasteiger partial charge in [0, 0.05) is 38.4 Å². The number of benzene rings is 1. The van der Waals surface area contributed by atoms with Crippen LogP contribution in [0, 0.1) is 0 Å². The zero-order valence-corrected chi connectivity index (χ0v) is 20.4. The van der Waals surface area contributed by atoms with Gasteiger partial charge in [-0.1, -0.05) is 0 Å². The number of ether oxygens (including phenoxy) is 1. The number of nitrogens with one attached hydrogen (secondary N) is 1. The van der Waals surface area contributed by atoms with Crippen LogP contribution in [0.25, 0.3) is 0 Å². The monoisotopic (exact) mass is 494 g/mol. The van der Waals surface area contributed by atoms with Gasteiger partial charge in [-0.15, -0.1) is 11.8 Å². The summed E-state index contributed by atoms with van der Waals surface area (Å²) in [5, 5.41) is 3.00. The number of nitrogens with zero attached hydrogens (tertiary/aromatic N) is 3. The van der Waals surface area contributed by atoms with Crippen molar-refractivity contribution in [2.24, 2.45) is 0 Å². The minimum Gasteiger partial charge on any atom is -0.379 e. The van der Waals surface area contributed by atoms with Crippen LogP contribution in [0.2, 0.25) is 0 Å². The second-order valence-corrected chi connectivity index (χ2v) is 12.6. The van der Waals surface area contributed by atoms with Crippen LogP contribution in [0.4, 0.5) is 11.4 Å². The molecule has 4 aliphatic heterocycles. The third-order valence-electron chi connectivity index (χ3n) is 7.03. The largest absolute Gasteiger partial charge is 0.379 e. The number of hydrogen-bond donors (Lipinski definition) is 1. The number of fused-ring (bicyclic) bond motifs is 1. The van der Waals surface area contributed by atoms with Crippen molar-refractivity contribution in [1.82, 2.24) is 9.21 Å². The highest BCUT2D eigenvalue weighted by molar-refractivity contribution is 8.01. The van der Waals surface area contributed by atoms with Crippen molar-refractivity contribution in [2.45, 2.75) is 48.4 Å². The molecule has 4 heterocycles. The van der Waals surface area contributed by atoms with Gasteiger partial charge in [-0.3, -0.25) is 9.59 Å². The van der Waals surface area contributed by atoms with Gasteiger partial charge < -0.3 is 19.9 Å². The summed E-state index contributed by atoms with van der Waals surface area (Å²) in [6.45, 7) is 5.11. The summed E-state index contributed by atoms with van der Waals surface area (Å²) < 4.78 is 33.2. The van der Waals surface area contributed by atoms with E-state index in [9.17, 15) is 18.0 Å². The van der Waals surface area contributed by atoms with Crippen LogP contribution in [0.15, 0.2) is 23.1 Å². The van der Waals surface area contributed by atoms with E-state index in [4.69, 9.17) is 4.74 Å². The lowest BCUT2D eigenvalue weighted by Crippen LogP contribution is -2.48. The molecule has 4 aliphatic rings. The molecule has 9 nitrogen and oxygen atoms in total.